The fourth-order valence-corrected chi connectivity index (χ4v) is 2.45. The van der Waals surface area contributed by atoms with Gasteiger partial charge in [-0.05, 0) is 55.2 Å². The number of rotatable bonds is 7. The van der Waals surface area contributed by atoms with Gasteiger partial charge in [-0.2, -0.15) is 0 Å². The van der Waals surface area contributed by atoms with Gasteiger partial charge in [0.05, 0.1) is 12.7 Å². The molecule has 0 heterocycles. The van der Waals surface area contributed by atoms with E-state index >= 15 is 0 Å². The van der Waals surface area contributed by atoms with E-state index in [1.807, 2.05) is 19.1 Å². The second-order valence-electron chi connectivity index (χ2n) is 6.12. The number of carbonyl (C=O) groups excluding carboxylic acids is 2. The summed E-state index contributed by atoms with van der Waals surface area (Å²) in [6.45, 7) is 2.32. The number of ether oxygens (including phenoxy) is 1. The van der Waals surface area contributed by atoms with Gasteiger partial charge in [-0.1, -0.05) is 24.3 Å². The summed E-state index contributed by atoms with van der Waals surface area (Å²) in [5.74, 6) is -0.136. The summed E-state index contributed by atoms with van der Waals surface area (Å²) in [6, 6.07) is 13.7. The average Bonchev–Trinajstić information content (AvgIpc) is 2.65. The molecule has 2 amide bonds. The summed E-state index contributed by atoms with van der Waals surface area (Å²) in [5.41, 5.74) is 2.48. The molecule has 6 nitrogen and oxygen atoms in total. The number of phenols is 1. The van der Waals surface area contributed by atoms with Gasteiger partial charge in [0.15, 0.2) is 0 Å². The number of aromatic hydroxyl groups is 1. The van der Waals surface area contributed by atoms with Crippen molar-refractivity contribution in [3.05, 3.63) is 65.2 Å². The lowest BCUT2D eigenvalue weighted by Crippen LogP contribution is -2.40. The summed E-state index contributed by atoms with van der Waals surface area (Å²) in [4.78, 5) is 23.4. The average molecular weight is 356 g/mol. The summed E-state index contributed by atoms with van der Waals surface area (Å²) < 4.78 is 4.65. The molecule has 26 heavy (non-hydrogen) atoms. The van der Waals surface area contributed by atoms with Crippen LogP contribution in [0, 0.1) is 0 Å². The number of urea groups is 1. The minimum atomic E-state index is -0.385. The quantitative estimate of drug-likeness (QED) is 0.666. The highest BCUT2D eigenvalue weighted by Crippen LogP contribution is 2.12. The van der Waals surface area contributed by atoms with Crippen LogP contribution in [0.3, 0.4) is 0 Å². The lowest BCUT2D eigenvalue weighted by atomic mass is 10.1. The molecule has 0 aliphatic rings. The van der Waals surface area contributed by atoms with E-state index in [9.17, 15) is 14.7 Å². The van der Waals surface area contributed by atoms with E-state index in [0.29, 0.717) is 12.1 Å². The van der Waals surface area contributed by atoms with Crippen LogP contribution in [0.5, 0.6) is 5.75 Å². The Balaban J connectivity index is 1.72. The van der Waals surface area contributed by atoms with E-state index in [1.54, 1.807) is 36.4 Å². The smallest absolute Gasteiger partial charge is 0.337 e. The Morgan fingerprint density at radius 2 is 1.65 bits per heavy atom. The molecule has 0 saturated heterocycles. The summed E-state index contributed by atoms with van der Waals surface area (Å²) in [5, 5.41) is 15.0. The molecule has 0 aliphatic heterocycles. The zero-order valence-corrected chi connectivity index (χ0v) is 15.0. The molecular weight excluding hydrogens is 332 g/mol. The van der Waals surface area contributed by atoms with E-state index in [1.165, 1.54) is 7.11 Å². The Bertz CT molecular complexity index is 726. The Morgan fingerprint density at radius 1 is 1.04 bits per heavy atom. The topological polar surface area (TPSA) is 87.7 Å². The lowest BCUT2D eigenvalue weighted by molar-refractivity contribution is 0.0600. The second-order valence-corrected chi connectivity index (χ2v) is 6.12. The molecule has 2 aromatic rings. The van der Waals surface area contributed by atoms with Crippen LogP contribution in [0.1, 0.15) is 34.8 Å². The molecule has 2 rings (SSSR count). The number of nitrogens with one attached hydrogen (secondary N) is 2. The van der Waals surface area contributed by atoms with E-state index in [4.69, 9.17) is 0 Å². The predicted molar refractivity (Wildman–Crippen MR) is 99.0 cm³/mol. The van der Waals surface area contributed by atoms with E-state index in [2.05, 4.69) is 15.4 Å². The van der Waals surface area contributed by atoms with Crippen LogP contribution >= 0.6 is 0 Å². The third kappa shape index (κ3) is 6.12. The molecule has 138 valence electrons. The van der Waals surface area contributed by atoms with Crippen LogP contribution < -0.4 is 10.6 Å². The fraction of sp³-hybridized carbons (Fsp3) is 0.300. The van der Waals surface area contributed by atoms with Crippen molar-refractivity contribution in [2.24, 2.45) is 0 Å². The highest BCUT2D eigenvalue weighted by atomic mass is 16.5. The Morgan fingerprint density at radius 3 is 2.27 bits per heavy atom. The first kappa shape index (κ1) is 19.3. The normalized spacial score (nSPS) is 11.5. The molecule has 0 unspecified atom stereocenters. The van der Waals surface area contributed by atoms with Crippen molar-refractivity contribution >= 4 is 12.0 Å². The van der Waals surface area contributed by atoms with Crippen molar-refractivity contribution in [3.8, 4) is 5.75 Å². The molecule has 0 saturated carbocycles. The largest absolute Gasteiger partial charge is 0.508 e. The maximum absolute atomic E-state index is 12.0. The van der Waals surface area contributed by atoms with Crippen LogP contribution in [0.2, 0.25) is 0 Å². The van der Waals surface area contributed by atoms with E-state index in [-0.39, 0.29) is 23.8 Å². The second kappa shape index (κ2) is 9.46. The number of carbonyl (C=O) groups is 2. The molecule has 3 N–H and O–H groups in total. The number of esters is 1. The lowest BCUT2D eigenvalue weighted by Gasteiger charge is -2.15. The van der Waals surface area contributed by atoms with Crippen LogP contribution in [0.25, 0.3) is 0 Å². The van der Waals surface area contributed by atoms with Crippen molar-refractivity contribution < 1.29 is 19.4 Å². The van der Waals surface area contributed by atoms with Crippen molar-refractivity contribution in [1.82, 2.24) is 10.6 Å². The molecule has 0 radical (unpaired) electrons. The number of amides is 2. The number of hydrogen-bond donors (Lipinski definition) is 3. The summed E-state index contributed by atoms with van der Waals surface area (Å²) >= 11 is 0. The Kier molecular flexibility index (Phi) is 7.02. The maximum Gasteiger partial charge on any atom is 0.337 e. The van der Waals surface area contributed by atoms with Gasteiger partial charge in [0.1, 0.15) is 5.75 Å². The summed E-state index contributed by atoms with van der Waals surface area (Å²) in [7, 11) is 1.34. The number of benzene rings is 2. The molecule has 1 atom stereocenters. The highest BCUT2D eigenvalue weighted by Gasteiger charge is 2.08. The van der Waals surface area contributed by atoms with Gasteiger partial charge in [0.2, 0.25) is 0 Å². The predicted octanol–water partition coefficient (Wildman–Crippen LogP) is 3.00. The zero-order chi connectivity index (χ0) is 18.9. The van der Waals surface area contributed by atoms with Gasteiger partial charge in [-0.25, -0.2) is 9.59 Å². The SMILES string of the molecule is COC(=O)c1ccc(CNC(=O)N[C@@H](C)CCc2ccc(O)cc2)cc1. The molecule has 0 aliphatic carbocycles. The number of aryl methyl sites for hydroxylation is 1. The first-order valence-corrected chi connectivity index (χ1v) is 8.47. The molecule has 0 spiro atoms. The van der Waals surface area contributed by atoms with Crippen LogP contribution in [0.15, 0.2) is 48.5 Å². The van der Waals surface area contributed by atoms with Crippen molar-refractivity contribution in [2.45, 2.75) is 32.4 Å². The van der Waals surface area contributed by atoms with Gasteiger partial charge in [0.25, 0.3) is 0 Å². The third-order valence-corrected chi connectivity index (χ3v) is 4.01. The van der Waals surface area contributed by atoms with Crippen LogP contribution in [-0.4, -0.2) is 30.3 Å². The molecule has 0 fully saturated rings. The molecule has 0 bridgehead atoms. The standard InChI is InChI=1S/C20H24N2O4/c1-14(3-4-15-7-11-18(23)12-8-15)22-20(25)21-13-16-5-9-17(10-6-16)19(24)26-2/h5-12,14,23H,3-4,13H2,1-2H3,(H2,21,22,25)/t14-/m0/s1. The fourth-order valence-electron chi connectivity index (χ4n) is 2.45. The third-order valence-electron chi connectivity index (χ3n) is 4.01. The van der Waals surface area contributed by atoms with Crippen molar-refractivity contribution in [3.63, 3.8) is 0 Å². The first-order valence-electron chi connectivity index (χ1n) is 8.47. The van der Waals surface area contributed by atoms with Gasteiger partial charge >= 0.3 is 12.0 Å². The zero-order valence-electron chi connectivity index (χ0n) is 15.0. The van der Waals surface area contributed by atoms with Gasteiger partial charge in [-0.15, -0.1) is 0 Å². The van der Waals surface area contributed by atoms with Crippen molar-refractivity contribution in [2.75, 3.05) is 7.11 Å². The molecule has 6 heteroatoms. The highest BCUT2D eigenvalue weighted by molar-refractivity contribution is 5.89. The number of methoxy groups -OCH3 is 1. The summed E-state index contributed by atoms with van der Waals surface area (Å²) in [6.07, 6.45) is 1.61. The van der Waals surface area contributed by atoms with Crippen molar-refractivity contribution in [1.29, 1.82) is 0 Å². The Hall–Kier alpha value is -3.02. The van der Waals surface area contributed by atoms with Gasteiger partial charge < -0.3 is 20.5 Å². The van der Waals surface area contributed by atoms with E-state index in [0.717, 1.165) is 24.0 Å². The monoisotopic (exact) mass is 356 g/mol. The molecule has 0 aromatic heterocycles. The van der Waals surface area contributed by atoms with Crippen LogP contribution in [-0.2, 0) is 17.7 Å². The molecule has 2 aromatic carbocycles. The Labute approximate surface area is 153 Å². The minimum absolute atomic E-state index is 0.0190. The van der Waals surface area contributed by atoms with Gasteiger partial charge in [-0.3, -0.25) is 0 Å². The maximum atomic E-state index is 12.0. The van der Waals surface area contributed by atoms with Gasteiger partial charge in [0, 0.05) is 12.6 Å². The minimum Gasteiger partial charge on any atom is -0.508 e. The molecular formula is C20H24N2O4. The van der Waals surface area contributed by atoms with Crippen LogP contribution in [0.4, 0.5) is 4.79 Å². The number of hydrogen-bond acceptors (Lipinski definition) is 4. The van der Waals surface area contributed by atoms with E-state index < -0.39 is 0 Å². The first-order chi connectivity index (χ1) is 12.5. The number of phenolic OH excluding ortho intramolecular Hbond substituents is 1.